The summed E-state index contributed by atoms with van der Waals surface area (Å²) in [6.45, 7) is 5.04. The Bertz CT molecular complexity index is 930. The smallest absolute Gasteiger partial charge is 0.273 e. The van der Waals surface area contributed by atoms with Gasteiger partial charge in [0.15, 0.2) is 11.5 Å². The Morgan fingerprint density at radius 3 is 2.72 bits per heavy atom. The molecule has 1 aromatic carbocycles. The molecule has 8 nitrogen and oxygen atoms in total. The number of benzene rings is 1. The Balaban J connectivity index is 1.22. The fourth-order valence-corrected chi connectivity index (χ4v) is 3.44. The van der Waals surface area contributed by atoms with E-state index in [1.807, 2.05) is 18.2 Å². The summed E-state index contributed by atoms with van der Waals surface area (Å²) >= 11 is 0. The molecule has 1 saturated heterocycles. The molecule has 3 heterocycles. The number of anilines is 1. The van der Waals surface area contributed by atoms with Crippen molar-refractivity contribution in [3.05, 3.63) is 54.4 Å². The summed E-state index contributed by atoms with van der Waals surface area (Å²) < 4.78 is 15.9. The van der Waals surface area contributed by atoms with E-state index in [-0.39, 0.29) is 11.6 Å². The van der Waals surface area contributed by atoms with Crippen molar-refractivity contribution in [3.8, 4) is 17.3 Å². The number of para-hydroxylation sites is 2. The fraction of sp³-hybridized carbons (Fsp3) is 0.333. The Kier molecular flexibility index (Phi) is 5.81. The van der Waals surface area contributed by atoms with Gasteiger partial charge in [-0.2, -0.15) is 0 Å². The number of nitrogens with one attached hydrogen (secondary N) is 1. The van der Waals surface area contributed by atoms with E-state index in [9.17, 15) is 4.79 Å². The number of aromatic nitrogens is 1. The Morgan fingerprint density at radius 2 is 1.97 bits per heavy atom. The van der Waals surface area contributed by atoms with E-state index in [0.717, 1.165) is 44.2 Å². The van der Waals surface area contributed by atoms with Crippen LogP contribution in [0.15, 0.2) is 57.7 Å². The molecule has 1 aliphatic heterocycles. The first kappa shape index (κ1) is 19.1. The Hall–Kier alpha value is -3.26. The minimum absolute atomic E-state index is 0.248. The molecule has 0 aliphatic carbocycles. The molecule has 0 saturated carbocycles. The third kappa shape index (κ3) is 4.43. The van der Waals surface area contributed by atoms with Gasteiger partial charge < -0.3 is 23.9 Å². The molecule has 1 fully saturated rings. The lowest BCUT2D eigenvalue weighted by Gasteiger charge is -2.36. The molecule has 1 amide bonds. The van der Waals surface area contributed by atoms with Crippen molar-refractivity contribution < 1.29 is 18.5 Å². The van der Waals surface area contributed by atoms with Crippen LogP contribution < -0.4 is 15.0 Å². The lowest BCUT2D eigenvalue weighted by Crippen LogP contribution is -2.48. The van der Waals surface area contributed by atoms with Crippen LogP contribution in [-0.4, -0.2) is 62.3 Å². The van der Waals surface area contributed by atoms with Crippen molar-refractivity contribution in [2.24, 2.45) is 0 Å². The number of nitrogens with zero attached hydrogens (tertiary/aromatic N) is 3. The molecule has 1 aliphatic rings. The topological polar surface area (TPSA) is 84.0 Å². The highest BCUT2D eigenvalue weighted by atomic mass is 16.5. The molecule has 0 radical (unpaired) electrons. The zero-order valence-corrected chi connectivity index (χ0v) is 16.3. The van der Waals surface area contributed by atoms with Gasteiger partial charge in [-0.25, -0.2) is 0 Å². The van der Waals surface area contributed by atoms with Gasteiger partial charge in [-0.3, -0.25) is 9.69 Å². The molecule has 2 aromatic heterocycles. The average molecular weight is 396 g/mol. The third-order valence-electron chi connectivity index (χ3n) is 5.02. The van der Waals surface area contributed by atoms with Crippen LogP contribution in [0.5, 0.6) is 5.75 Å². The van der Waals surface area contributed by atoms with E-state index in [2.05, 4.69) is 26.3 Å². The lowest BCUT2D eigenvalue weighted by molar-refractivity contribution is 0.0938. The van der Waals surface area contributed by atoms with Gasteiger partial charge in [0.2, 0.25) is 5.76 Å². The van der Waals surface area contributed by atoms with Crippen LogP contribution in [-0.2, 0) is 0 Å². The molecule has 8 heteroatoms. The Labute approximate surface area is 169 Å². The molecule has 0 atom stereocenters. The predicted octanol–water partition coefficient (Wildman–Crippen LogP) is 2.50. The van der Waals surface area contributed by atoms with Gasteiger partial charge in [-0.15, -0.1) is 0 Å². The quantitative estimate of drug-likeness (QED) is 0.657. The van der Waals surface area contributed by atoms with E-state index in [1.54, 1.807) is 31.6 Å². The van der Waals surface area contributed by atoms with Crippen molar-refractivity contribution in [2.45, 2.75) is 0 Å². The summed E-state index contributed by atoms with van der Waals surface area (Å²) in [5.41, 5.74) is 1.37. The van der Waals surface area contributed by atoms with Gasteiger partial charge in [0, 0.05) is 45.3 Å². The summed E-state index contributed by atoms with van der Waals surface area (Å²) in [5, 5.41) is 6.72. The van der Waals surface area contributed by atoms with E-state index in [0.29, 0.717) is 18.1 Å². The standard InChI is InChI=1S/C21H24N4O4/c1-27-18-6-3-2-5-17(18)25-12-10-24(11-13-25)9-8-22-21(26)16-15-20(29-23-16)19-7-4-14-28-19/h2-7,14-15H,8-13H2,1H3,(H,22,26). The molecule has 3 aromatic rings. The van der Waals surface area contributed by atoms with Crippen molar-refractivity contribution in [1.82, 2.24) is 15.4 Å². The number of ether oxygens (including phenoxy) is 1. The first-order valence-electron chi connectivity index (χ1n) is 9.63. The molecule has 0 unspecified atom stereocenters. The number of amides is 1. The minimum atomic E-state index is -0.251. The summed E-state index contributed by atoms with van der Waals surface area (Å²) in [4.78, 5) is 16.9. The highest BCUT2D eigenvalue weighted by Gasteiger charge is 2.20. The zero-order chi connectivity index (χ0) is 20.1. The highest BCUT2D eigenvalue weighted by molar-refractivity contribution is 5.92. The Morgan fingerprint density at radius 1 is 1.14 bits per heavy atom. The van der Waals surface area contributed by atoms with Crippen LogP contribution >= 0.6 is 0 Å². The molecular formula is C21H24N4O4. The second-order valence-corrected chi connectivity index (χ2v) is 6.81. The van der Waals surface area contributed by atoms with Crippen LogP contribution in [0.25, 0.3) is 11.5 Å². The molecular weight excluding hydrogens is 372 g/mol. The van der Waals surface area contributed by atoms with Crippen molar-refractivity contribution in [1.29, 1.82) is 0 Å². The molecule has 4 rings (SSSR count). The number of hydrogen-bond donors (Lipinski definition) is 1. The largest absolute Gasteiger partial charge is 0.495 e. The maximum absolute atomic E-state index is 12.3. The number of carbonyl (C=O) groups excluding carboxylic acids is 1. The number of furan rings is 1. The first-order valence-corrected chi connectivity index (χ1v) is 9.63. The molecule has 29 heavy (non-hydrogen) atoms. The van der Waals surface area contributed by atoms with Gasteiger partial charge in [0.25, 0.3) is 5.91 Å². The van der Waals surface area contributed by atoms with Crippen LogP contribution in [0.2, 0.25) is 0 Å². The zero-order valence-electron chi connectivity index (χ0n) is 16.3. The van der Waals surface area contributed by atoms with E-state index in [1.165, 1.54) is 0 Å². The highest BCUT2D eigenvalue weighted by Crippen LogP contribution is 2.28. The molecule has 0 bridgehead atoms. The maximum Gasteiger partial charge on any atom is 0.273 e. The first-order chi connectivity index (χ1) is 14.2. The van der Waals surface area contributed by atoms with Gasteiger partial charge in [-0.1, -0.05) is 17.3 Å². The fourth-order valence-electron chi connectivity index (χ4n) is 3.44. The lowest BCUT2D eigenvalue weighted by atomic mass is 10.2. The summed E-state index contributed by atoms with van der Waals surface area (Å²) in [7, 11) is 1.70. The third-order valence-corrected chi connectivity index (χ3v) is 5.02. The van der Waals surface area contributed by atoms with Crippen molar-refractivity contribution in [3.63, 3.8) is 0 Å². The summed E-state index contributed by atoms with van der Waals surface area (Å²) in [6.07, 6.45) is 1.55. The molecule has 152 valence electrons. The SMILES string of the molecule is COc1ccccc1N1CCN(CCNC(=O)c2cc(-c3ccco3)on2)CC1. The number of carbonyl (C=O) groups is 1. The van der Waals surface area contributed by atoms with Crippen molar-refractivity contribution >= 4 is 11.6 Å². The van der Waals surface area contributed by atoms with Crippen LogP contribution in [0.4, 0.5) is 5.69 Å². The second kappa shape index (κ2) is 8.83. The monoisotopic (exact) mass is 396 g/mol. The van der Waals surface area contributed by atoms with Gasteiger partial charge in [-0.05, 0) is 24.3 Å². The van der Waals surface area contributed by atoms with Crippen LogP contribution in [0, 0.1) is 0 Å². The van der Waals surface area contributed by atoms with Gasteiger partial charge >= 0.3 is 0 Å². The van der Waals surface area contributed by atoms with E-state index >= 15 is 0 Å². The van der Waals surface area contributed by atoms with E-state index in [4.69, 9.17) is 13.7 Å². The number of piperazine rings is 1. The number of hydrogen-bond acceptors (Lipinski definition) is 7. The maximum atomic E-state index is 12.3. The van der Waals surface area contributed by atoms with Crippen LogP contribution in [0.3, 0.4) is 0 Å². The van der Waals surface area contributed by atoms with Gasteiger partial charge in [0.1, 0.15) is 5.75 Å². The summed E-state index contributed by atoms with van der Waals surface area (Å²) in [5.74, 6) is 1.63. The predicted molar refractivity (Wildman–Crippen MR) is 108 cm³/mol. The summed E-state index contributed by atoms with van der Waals surface area (Å²) in [6, 6.07) is 13.2. The number of methoxy groups -OCH3 is 1. The number of rotatable bonds is 7. The van der Waals surface area contributed by atoms with Crippen molar-refractivity contribution in [2.75, 3.05) is 51.3 Å². The van der Waals surface area contributed by atoms with Crippen LogP contribution in [0.1, 0.15) is 10.5 Å². The second-order valence-electron chi connectivity index (χ2n) is 6.81. The minimum Gasteiger partial charge on any atom is -0.495 e. The normalized spacial score (nSPS) is 14.7. The van der Waals surface area contributed by atoms with Gasteiger partial charge in [0.05, 0.1) is 19.1 Å². The average Bonchev–Trinajstić information content (AvgIpc) is 3.46. The van der Waals surface area contributed by atoms with E-state index < -0.39 is 0 Å². The molecule has 0 spiro atoms. The molecule has 1 N–H and O–H groups in total.